The Morgan fingerprint density at radius 3 is 2.16 bits per heavy atom. The molecule has 1 heterocycles. The molecule has 3 aromatic carbocycles. The molecule has 4 rings (SSSR count). The van der Waals surface area contributed by atoms with Gasteiger partial charge in [0.2, 0.25) is 5.69 Å². The SMILES string of the molecule is Cc1cc(-c2ccccc2)cc(-c2c3ccc(CC(C)(C)C)cc3cc(C)[n+]2C)c1C. The molecular formula is C30H34N+. The highest BCUT2D eigenvalue weighted by Gasteiger charge is 2.22. The van der Waals surface area contributed by atoms with Crippen molar-refractivity contribution < 1.29 is 4.57 Å². The van der Waals surface area contributed by atoms with E-state index >= 15 is 0 Å². The molecule has 0 unspecified atom stereocenters. The zero-order valence-electron chi connectivity index (χ0n) is 20.0. The number of pyridine rings is 1. The van der Waals surface area contributed by atoms with Crippen LogP contribution in [0.1, 0.15) is 43.2 Å². The molecule has 1 heteroatoms. The Morgan fingerprint density at radius 1 is 0.774 bits per heavy atom. The van der Waals surface area contributed by atoms with Crippen molar-refractivity contribution in [2.45, 2.75) is 48.0 Å². The molecule has 0 aliphatic rings. The van der Waals surface area contributed by atoms with Crippen molar-refractivity contribution in [2.24, 2.45) is 12.5 Å². The van der Waals surface area contributed by atoms with E-state index < -0.39 is 0 Å². The largest absolute Gasteiger partial charge is 0.220 e. The first kappa shape index (κ1) is 21.3. The van der Waals surface area contributed by atoms with Crippen molar-refractivity contribution in [3.63, 3.8) is 0 Å². The van der Waals surface area contributed by atoms with Crippen molar-refractivity contribution >= 4 is 10.8 Å². The first-order valence-electron chi connectivity index (χ1n) is 11.2. The number of aryl methyl sites for hydroxylation is 2. The van der Waals surface area contributed by atoms with Gasteiger partial charge in [0.15, 0.2) is 5.69 Å². The van der Waals surface area contributed by atoms with Crippen LogP contribution in [0.4, 0.5) is 0 Å². The van der Waals surface area contributed by atoms with E-state index in [9.17, 15) is 0 Å². The zero-order valence-corrected chi connectivity index (χ0v) is 20.0. The average molecular weight is 409 g/mol. The lowest BCUT2D eigenvalue weighted by Crippen LogP contribution is -2.35. The third-order valence-electron chi connectivity index (χ3n) is 6.36. The molecule has 0 amide bonds. The van der Waals surface area contributed by atoms with Gasteiger partial charge in [-0.15, -0.1) is 0 Å². The molecule has 0 aliphatic carbocycles. The molecule has 0 saturated carbocycles. The quantitative estimate of drug-likeness (QED) is 0.309. The summed E-state index contributed by atoms with van der Waals surface area (Å²) in [5, 5.41) is 2.65. The fourth-order valence-corrected chi connectivity index (χ4v) is 4.58. The minimum absolute atomic E-state index is 0.280. The van der Waals surface area contributed by atoms with Gasteiger partial charge >= 0.3 is 0 Å². The summed E-state index contributed by atoms with van der Waals surface area (Å²) in [6.45, 7) is 13.6. The molecule has 31 heavy (non-hydrogen) atoms. The fourth-order valence-electron chi connectivity index (χ4n) is 4.58. The Morgan fingerprint density at radius 2 is 1.48 bits per heavy atom. The molecule has 0 saturated heterocycles. The number of aromatic nitrogens is 1. The van der Waals surface area contributed by atoms with E-state index in [1.54, 1.807) is 0 Å². The van der Waals surface area contributed by atoms with Crippen LogP contribution in [0.5, 0.6) is 0 Å². The molecule has 0 atom stereocenters. The zero-order chi connectivity index (χ0) is 22.3. The standard InChI is InChI=1S/C30H34N/c1-20-15-25(24-11-9-8-10-12-24)18-28(22(20)3)29-27-14-13-23(19-30(4,5)6)17-26(27)16-21(2)31(29)7/h8-18H,19H2,1-7H3/q+1. The van der Waals surface area contributed by atoms with Crippen LogP contribution in [-0.4, -0.2) is 0 Å². The number of hydrogen-bond donors (Lipinski definition) is 0. The van der Waals surface area contributed by atoms with Crippen molar-refractivity contribution in [3.8, 4) is 22.4 Å². The van der Waals surface area contributed by atoms with E-state index in [-0.39, 0.29) is 5.41 Å². The van der Waals surface area contributed by atoms with Crippen molar-refractivity contribution in [2.75, 3.05) is 0 Å². The molecule has 1 nitrogen and oxygen atoms in total. The van der Waals surface area contributed by atoms with Crippen LogP contribution in [0.15, 0.2) is 66.7 Å². The Balaban J connectivity index is 1.97. The average Bonchev–Trinajstić information content (AvgIpc) is 2.71. The van der Waals surface area contributed by atoms with Crippen LogP contribution < -0.4 is 4.57 Å². The summed E-state index contributed by atoms with van der Waals surface area (Å²) in [4.78, 5) is 0. The monoisotopic (exact) mass is 408 g/mol. The van der Waals surface area contributed by atoms with Gasteiger partial charge in [-0.25, -0.2) is 0 Å². The Bertz CT molecular complexity index is 1260. The Labute approximate surface area is 187 Å². The molecule has 1 aromatic heterocycles. The van der Waals surface area contributed by atoms with Crippen molar-refractivity contribution in [3.05, 3.63) is 89.1 Å². The van der Waals surface area contributed by atoms with Gasteiger partial charge in [-0.1, -0.05) is 69.3 Å². The first-order chi connectivity index (χ1) is 14.6. The second kappa shape index (κ2) is 7.96. The fraction of sp³-hybridized carbons (Fsp3) is 0.300. The highest BCUT2D eigenvalue weighted by atomic mass is 14.9. The van der Waals surface area contributed by atoms with E-state index in [1.165, 1.54) is 55.5 Å². The molecule has 0 fully saturated rings. The van der Waals surface area contributed by atoms with Gasteiger partial charge in [-0.3, -0.25) is 0 Å². The van der Waals surface area contributed by atoms with Crippen molar-refractivity contribution in [1.29, 1.82) is 0 Å². The van der Waals surface area contributed by atoms with Crippen LogP contribution in [0, 0.1) is 26.2 Å². The van der Waals surface area contributed by atoms with E-state index in [4.69, 9.17) is 0 Å². The normalized spacial score (nSPS) is 11.8. The lowest BCUT2D eigenvalue weighted by atomic mass is 9.86. The first-order valence-corrected chi connectivity index (χ1v) is 11.2. The lowest BCUT2D eigenvalue weighted by molar-refractivity contribution is -0.665. The van der Waals surface area contributed by atoms with E-state index in [0.29, 0.717) is 0 Å². The minimum atomic E-state index is 0.280. The van der Waals surface area contributed by atoms with Gasteiger partial charge in [0.1, 0.15) is 7.05 Å². The second-order valence-corrected chi connectivity index (χ2v) is 10.2. The number of fused-ring (bicyclic) bond motifs is 1. The van der Waals surface area contributed by atoms with Gasteiger partial charge in [0.25, 0.3) is 0 Å². The Kier molecular flexibility index (Phi) is 5.47. The summed E-state index contributed by atoms with van der Waals surface area (Å²) in [6, 6.07) is 24.7. The van der Waals surface area contributed by atoms with E-state index in [1.807, 2.05) is 0 Å². The molecule has 0 aliphatic heterocycles. The van der Waals surface area contributed by atoms with Gasteiger partial charge in [-0.2, -0.15) is 4.57 Å². The third kappa shape index (κ3) is 4.28. The number of benzene rings is 3. The number of rotatable bonds is 3. The summed E-state index contributed by atoms with van der Waals surface area (Å²) in [6.07, 6.45) is 1.08. The third-order valence-corrected chi connectivity index (χ3v) is 6.36. The lowest BCUT2D eigenvalue weighted by Gasteiger charge is -2.19. The molecule has 0 bridgehead atoms. The molecule has 4 aromatic rings. The molecular weight excluding hydrogens is 374 g/mol. The minimum Gasteiger partial charge on any atom is -0.198 e. The maximum Gasteiger partial charge on any atom is 0.220 e. The van der Waals surface area contributed by atoms with Gasteiger partial charge < -0.3 is 0 Å². The molecule has 0 radical (unpaired) electrons. The second-order valence-electron chi connectivity index (χ2n) is 10.2. The van der Waals surface area contributed by atoms with E-state index in [2.05, 4.69) is 120 Å². The molecule has 0 N–H and O–H groups in total. The maximum atomic E-state index is 2.39. The van der Waals surface area contributed by atoms with Crippen molar-refractivity contribution in [1.82, 2.24) is 0 Å². The molecule has 0 spiro atoms. The van der Waals surface area contributed by atoms with Gasteiger partial charge in [0.05, 0.1) is 10.9 Å². The highest BCUT2D eigenvalue weighted by Crippen LogP contribution is 2.35. The maximum absolute atomic E-state index is 2.39. The van der Waals surface area contributed by atoms with E-state index in [0.717, 1.165) is 6.42 Å². The molecule has 158 valence electrons. The van der Waals surface area contributed by atoms with Crippen LogP contribution in [-0.2, 0) is 13.5 Å². The van der Waals surface area contributed by atoms with Crippen LogP contribution >= 0.6 is 0 Å². The summed E-state index contributed by atoms with van der Waals surface area (Å²) >= 11 is 0. The summed E-state index contributed by atoms with van der Waals surface area (Å²) < 4.78 is 2.35. The smallest absolute Gasteiger partial charge is 0.198 e. The summed E-state index contributed by atoms with van der Waals surface area (Å²) in [5.74, 6) is 0. The number of hydrogen-bond acceptors (Lipinski definition) is 0. The van der Waals surface area contributed by atoms with Gasteiger partial charge in [-0.05, 0) is 71.0 Å². The summed E-state index contributed by atoms with van der Waals surface area (Å²) in [7, 11) is 2.19. The van der Waals surface area contributed by atoms with Crippen LogP contribution in [0.2, 0.25) is 0 Å². The summed E-state index contributed by atoms with van der Waals surface area (Å²) in [5.41, 5.74) is 10.8. The van der Waals surface area contributed by atoms with Gasteiger partial charge in [0, 0.05) is 13.0 Å². The predicted octanol–water partition coefficient (Wildman–Crippen LogP) is 7.51. The van der Waals surface area contributed by atoms with Crippen LogP contribution in [0.25, 0.3) is 33.2 Å². The van der Waals surface area contributed by atoms with Crippen LogP contribution in [0.3, 0.4) is 0 Å². The number of nitrogens with zero attached hydrogens (tertiary/aromatic N) is 1. The Hall–Kier alpha value is -2.93. The highest BCUT2D eigenvalue weighted by molar-refractivity contribution is 5.95. The topological polar surface area (TPSA) is 3.88 Å². The predicted molar refractivity (Wildman–Crippen MR) is 133 cm³/mol.